The first-order valence-electron chi connectivity index (χ1n) is 3.62. The highest BCUT2D eigenvalue weighted by atomic mass is 19.4. The lowest BCUT2D eigenvalue weighted by Crippen LogP contribution is -2.30. The van der Waals surface area contributed by atoms with Crippen LogP contribution in [0, 0.1) is 5.92 Å². The topological polar surface area (TPSA) is 20.2 Å². The Hall–Kier alpha value is -0.250. The van der Waals surface area contributed by atoms with E-state index >= 15 is 0 Å². The van der Waals surface area contributed by atoms with Gasteiger partial charge in [0.15, 0.2) is 0 Å². The van der Waals surface area contributed by atoms with Gasteiger partial charge >= 0.3 is 6.18 Å². The summed E-state index contributed by atoms with van der Waals surface area (Å²) in [6.07, 6.45) is -6.14. The standard InChI is InChI=1S/C7H13F3O/c1-3-5(2)4-6(11)7(8,9)10/h5-6,11H,3-4H2,1-2H3/t5?,6-/m0/s1. The number of hydrogen-bond donors (Lipinski definition) is 1. The predicted octanol–water partition coefficient (Wildman–Crippen LogP) is 2.35. The van der Waals surface area contributed by atoms with E-state index in [2.05, 4.69) is 0 Å². The molecule has 0 bridgehead atoms. The van der Waals surface area contributed by atoms with E-state index in [9.17, 15) is 13.2 Å². The first kappa shape index (κ1) is 10.8. The van der Waals surface area contributed by atoms with E-state index < -0.39 is 12.3 Å². The van der Waals surface area contributed by atoms with E-state index in [0.717, 1.165) is 0 Å². The highest BCUT2D eigenvalue weighted by molar-refractivity contribution is 4.67. The highest BCUT2D eigenvalue weighted by Gasteiger charge is 2.38. The lowest BCUT2D eigenvalue weighted by Gasteiger charge is -2.17. The summed E-state index contributed by atoms with van der Waals surface area (Å²) in [5, 5.41) is 8.56. The normalized spacial score (nSPS) is 18.0. The molecule has 0 amide bonds. The molecule has 1 N–H and O–H groups in total. The number of alkyl halides is 3. The van der Waals surface area contributed by atoms with Crippen molar-refractivity contribution >= 4 is 0 Å². The quantitative estimate of drug-likeness (QED) is 0.689. The largest absolute Gasteiger partial charge is 0.414 e. The van der Waals surface area contributed by atoms with Crippen LogP contribution in [-0.2, 0) is 0 Å². The van der Waals surface area contributed by atoms with Crippen molar-refractivity contribution < 1.29 is 18.3 Å². The number of hydrogen-bond acceptors (Lipinski definition) is 1. The molecule has 0 saturated heterocycles. The maximum Gasteiger partial charge on any atom is 0.414 e. The summed E-state index contributed by atoms with van der Waals surface area (Å²) in [6.45, 7) is 3.49. The molecule has 0 aromatic carbocycles. The molecule has 0 aliphatic heterocycles. The average molecular weight is 170 g/mol. The van der Waals surface area contributed by atoms with Gasteiger partial charge in [0.1, 0.15) is 6.10 Å². The minimum Gasteiger partial charge on any atom is -0.384 e. The van der Waals surface area contributed by atoms with Gasteiger partial charge in [0, 0.05) is 0 Å². The SMILES string of the molecule is CCC(C)C[C@H](O)C(F)(F)F. The van der Waals surface area contributed by atoms with Crippen molar-refractivity contribution in [1.82, 2.24) is 0 Å². The van der Waals surface area contributed by atoms with Crippen LogP contribution >= 0.6 is 0 Å². The summed E-state index contributed by atoms with van der Waals surface area (Å²) < 4.78 is 35.1. The molecule has 2 atom stereocenters. The fraction of sp³-hybridized carbons (Fsp3) is 1.00. The second-order valence-corrected chi connectivity index (χ2v) is 2.81. The van der Waals surface area contributed by atoms with Gasteiger partial charge in [-0.15, -0.1) is 0 Å². The Balaban J connectivity index is 3.77. The highest BCUT2D eigenvalue weighted by Crippen LogP contribution is 2.25. The third kappa shape index (κ3) is 4.24. The molecule has 0 fully saturated rings. The lowest BCUT2D eigenvalue weighted by molar-refractivity contribution is -0.208. The molecule has 0 aromatic heterocycles. The first-order valence-corrected chi connectivity index (χ1v) is 3.62. The Morgan fingerprint density at radius 2 is 1.82 bits per heavy atom. The minimum absolute atomic E-state index is 0.0772. The molecule has 4 heteroatoms. The Labute approximate surface area is 64.2 Å². The summed E-state index contributed by atoms with van der Waals surface area (Å²) >= 11 is 0. The van der Waals surface area contributed by atoms with E-state index in [1.54, 1.807) is 13.8 Å². The first-order chi connectivity index (χ1) is 4.88. The van der Waals surface area contributed by atoms with Crippen molar-refractivity contribution in [1.29, 1.82) is 0 Å². The Morgan fingerprint density at radius 1 is 1.36 bits per heavy atom. The molecule has 68 valence electrons. The molecule has 0 rings (SSSR count). The molecule has 0 aliphatic carbocycles. The van der Waals surface area contributed by atoms with Crippen LogP contribution in [-0.4, -0.2) is 17.4 Å². The molecule has 0 radical (unpaired) electrons. The molecule has 0 spiro atoms. The molecule has 1 unspecified atom stereocenters. The van der Waals surface area contributed by atoms with Crippen molar-refractivity contribution in [3.05, 3.63) is 0 Å². The summed E-state index contributed by atoms with van der Waals surface area (Å²) in [5.41, 5.74) is 0. The maximum atomic E-state index is 11.7. The average Bonchev–Trinajstić information content (AvgIpc) is 1.85. The number of halogens is 3. The van der Waals surface area contributed by atoms with Gasteiger partial charge < -0.3 is 5.11 Å². The van der Waals surface area contributed by atoms with Gasteiger partial charge in [-0.25, -0.2) is 0 Å². The van der Waals surface area contributed by atoms with E-state index in [1.165, 1.54) is 0 Å². The number of aliphatic hydroxyl groups excluding tert-OH is 1. The zero-order valence-electron chi connectivity index (χ0n) is 6.65. The van der Waals surface area contributed by atoms with Crippen molar-refractivity contribution in [2.24, 2.45) is 5.92 Å². The van der Waals surface area contributed by atoms with Crippen LogP contribution in [0.2, 0.25) is 0 Å². The third-order valence-electron chi connectivity index (χ3n) is 1.70. The zero-order valence-corrected chi connectivity index (χ0v) is 6.65. The number of aliphatic hydroxyl groups is 1. The summed E-state index contributed by atoms with van der Waals surface area (Å²) in [7, 11) is 0. The van der Waals surface area contributed by atoms with Gasteiger partial charge in [0.05, 0.1) is 0 Å². The maximum absolute atomic E-state index is 11.7. The lowest BCUT2D eigenvalue weighted by atomic mass is 10.0. The van der Waals surface area contributed by atoms with Crippen molar-refractivity contribution in [2.75, 3.05) is 0 Å². The van der Waals surface area contributed by atoms with Crippen LogP contribution in [0.4, 0.5) is 13.2 Å². The smallest absolute Gasteiger partial charge is 0.384 e. The van der Waals surface area contributed by atoms with Gasteiger partial charge in [-0.1, -0.05) is 20.3 Å². The van der Waals surface area contributed by atoms with Crippen molar-refractivity contribution in [3.63, 3.8) is 0 Å². The second-order valence-electron chi connectivity index (χ2n) is 2.81. The van der Waals surface area contributed by atoms with Gasteiger partial charge in [0.2, 0.25) is 0 Å². The summed E-state index contributed by atoms with van der Waals surface area (Å²) in [4.78, 5) is 0. The monoisotopic (exact) mass is 170 g/mol. The van der Waals surface area contributed by atoms with Crippen LogP contribution in [0.15, 0.2) is 0 Å². The fourth-order valence-corrected chi connectivity index (χ4v) is 0.681. The molecule has 11 heavy (non-hydrogen) atoms. The van der Waals surface area contributed by atoms with E-state index in [0.29, 0.717) is 6.42 Å². The minimum atomic E-state index is -4.45. The van der Waals surface area contributed by atoms with Gasteiger partial charge in [-0.2, -0.15) is 13.2 Å². The molecule has 1 nitrogen and oxygen atoms in total. The Bertz CT molecular complexity index is 111. The van der Waals surface area contributed by atoms with Gasteiger partial charge in [-0.05, 0) is 12.3 Å². The van der Waals surface area contributed by atoms with Crippen LogP contribution in [0.1, 0.15) is 26.7 Å². The van der Waals surface area contributed by atoms with E-state index in [1.807, 2.05) is 0 Å². The summed E-state index contributed by atoms with van der Waals surface area (Å²) in [5.74, 6) is -0.0772. The van der Waals surface area contributed by atoms with Gasteiger partial charge in [-0.3, -0.25) is 0 Å². The van der Waals surface area contributed by atoms with E-state index in [4.69, 9.17) is 5.11 Å². The van der Waals surface area contributed by atoms with Crippen LogP contribution in [0.3, 0.4) is 0 Å². The van der Waals surface area contributed by atoms with Crippen molar-refractivity contribution in [2.45, 2.75) is 39.0 Å². The Morgan fingerprint density at radius 3 is 2.09 bits per heavy atom. The van der Waals surface area contributed by atoms with Gasteiger partial charge in [0.25, 0.3) is 0 Å². The molecule has 0 aliphatic rings. The van der Waals surface area contributed by atoms with Crippen LogP contribution < -0.4 is 0 Å². The molecule has 0 saturated carbocycles. The van der Waals surface area contributed by atoms with E-state index in [-0.39, 0.29) is 12.3 Å². The summed E-state index contributed by atoms with van der Waals surface area (Å²) in [6, 6.07) is 0. The molecular formula is C7H13F3O. The van der Waals surface area contributed by atoms with Crippen molar-refractivity contribution in [3.8, 4) is 0 Å². The second kappa shape index (κ2) is 3.95. The molecule has 0 aromatic rings. The fourth-order valence-electron chi connectivity index (χ4n) is 0.681. The third-order valence-corrected chi connectivity index (χ3v) is 1.70. The predicted molar refractivity (Wildman–Crippen MR) is 36.1 cm³/mol. The number of rotatable bonds is 3. The Kier molecular flexibility index (Phi) is 3.86. The van der Waals surface area contributed by atoms with Crippen LogP contribution in [0.25, 0.3) is 0 Å². The van der Waals surface area contributed by atoms with Crippen LogP contribution in [0.5, 0.6) is 0 Å². The molecular weight excluding hydrogens is 157 g/mol. The molecule has 0 heterocycles. The zero-order chi connectivity index (χ0) is 9.07.